The van der Waals surface area contributed by atoms with Crippen molar-refractivity contribution in [3.05, 3.63) is 77.9 Å². The van der Waals surface area contributed by atoms with Crippen LogP contribution in [0.4, 0.5) is 10.5 Å². The van der Waals surface area contributed by atoms with E-state index in [0.717, 1.165) is 15.8 Å². The zero-order chi connectivity index (χ0) is 31.0. The van der Waals surface area contributed by atoms with Gasteiger partial charge in [0.2, 0.25) is 5.79 Å². The van der Waals surface area contributed by atoms with E-state index in [9.17, 15) is 24.6 Å². The van der Waals surface area contributed by atoms with Crippen LogP contribution in [0.15, 0.2) is 76.7 Å². The van der Waals surface area contributed by atoms with Crippen molar-refractivity contribution in [2.45, 2.75) is 36.5 Å². The van der Waals surface area contributed by atoms with Crippen molar-refractivity contribution in [1.82, 2.24) is 20.4 Å². The van der Waals surface area contributed by atoms with Crippen LogP contribution in [0.25, 0.3) is 10.8 Å². The number of imide groups is 1. The summed E-state index contributed by atoms with van der Waals surface area (Å²) in [5.74, 6) is -3.84. The second-order valence-corrected chi connectivity index (χ2v) is 11.5. The van der Waals surface area contributed by atoms with E-state index in [2.05, 4.69) is 20.6 Å². The first-order chi connectivity index (χ1) is 21.0. The van der Waals surface area contributed by atoms with Crippen molar-refractivity contribution in [2.24, 2.45) is 21.5 Å². The zero-order valence-corrected chi connectivity index (χ0v) is 23.7. The first-order valence-electron chi connectivity index (χ1n) is 14.2. The maximum absolute atomic E-state index is 13.6. The third-order valence-electron chi connectivity index (χ3n) is 8.88. The summed E-state index contributed by atoms with van der Waals surface area (Å²) in [4.78, 5) is 52.7. The molecule has 1 spiro atoms. The number of nitrogens with one attached hydrogen (secondary N) is 2. The summed E-state index contributed by atoms with van der Waals surface area (Å²) in [6, 6.07) is 15.9. The van der Waals surface area contributed by atoms with E-state index in [0.29, 0.717) is 16.6 Å². The van der Waals surface area contributed by atoms with Crippen molar-refractivity contribution < 1.29 is 24.6 Å². The number of urea groups is 1. The number of nitrogens with zero attached hydrogens (tertiary/aromatic N) is 5. The molecule has 3 aromatic carbocycles. The lowest BCUT2D eigenvalue weighted by molar-refractivity contribution is -0.230. The molecule has 0 bridgehead atoms. The number of para-hydroxylation sites is 1. The Morgan fingerprint density at radius 1 is 1.07 bits per heavy atom. The SMILES string of the molecule is Cc1ccc2c(C(=O)NC3CN4C(N)=N[C@@H](CN5C(=O)CN(c6ccccc6)C5=O)[C@@H]5N=C(N)N[C@@]54C3(O)O)cccc2c1. The number of benzene rings is 3. The Labute approximate surface area is 251 Å². The molecule has 4 atom stereocenters. The maximum atomic E-state index is 13.6. The molecule has 3 aromatic rings. The van der Waals surface area contributed by atoms with Crippen LogP contribution < -0.4 is 27.0 Å². The van der Waals surface area contributed by atoms with Crippen LogP contribution in [0.1, 0.15) is 15.9 Å². The van der Waals surface area contributed by atoms with E-state index in [1.165, 1.54) is 9.80 Å². The van der Waals surface area contributed by atoms with Crippen LogP contribution in [0.3, 0.4) is 0 Å². The lowest BCUT2D eigenvalue weighted by Crippen LogP contribution is -2.78. The second kappa shape index (κ2) is 9.65. The number of hydrogen-bond donors (Lipinski definition) is 6. The molecule has 2 saturated heterocycles. The normalized spacial score (nSPS) is 27.2. The second-order valence-electron chi connectivity index (χ2n) is 11.5. The molecule has 2 fully saturated rings. The van der Waals surface area contributed by atoms with Gasteiger partial charge in [0.05, 0.1) is 12.6 Å². The van der Waals surface area contributed by atoms with Gasteiger partial charge >= 0.3 is 6.03 Å². The highest BCUT2D eigenvalue weighted by Gasteiger charge is 2.73. The molecule has 7 rings (SSSR count). The molecule has 0 aliphatic carbocycles. The number of aliphatic hydroxyl groups is 2. The molecule has 4 amide bonds. The van der Waals surface area contributed by atoms with E-state index in [4.69, 9.17) is 11.5 Å². The minimum Gasteiger partial charge on any atom is -0.370 e. The minimum absolute atomic E-state index is 0.0903. The van der Waals surface area contributed by atoms with E-state index in [1.807, 2.05) is 31.2 Å². The largest absolute Gasteiger partial charge is 0.370 e. The number of amides is 4. The summed E-state index contributed by atoms with van der Waals surface area (Å²) < 4.78 is 0. The molecule has 0 saturated carbocycles. The monoisotopic (exact) mass is 597 g/mol. The summed E-state index contributed by atoms with van der Waals surface area (Å²) in [6.45, 7) is 1.42. The van der Waals surface area contributed by atoms with Crippen LogP contribution in [0.5, 0.6) is 0 Å². The summed E-state index contributed by atoms with van der Waals surface area (Å²) in [6.07, 6.45) is 0. The number of carbonyl (C=O) groups excluding carboxylic acids is 3. The number of rotatable bonds is 5. The highest BCUT2D eigenvalue weighted by atomic mass is 16.5. The van der Waals surface area contributed by atoms with E-state index in [1.54, 1.807) is 42.5 Å². The van der Waals surface area contributed by atoms with Gasteiger partial charge in [0, 0.05) is 17.8 Å². The van der Waals surface area contributed by atoms with Crippen molar-refractivity contribution in [3.8, 4) is 0 Å². The molecule has 4 aliphatic heterocycles. The van der Waals surface area contributed by atoms with Crippen molar-refractivity contribution in [3.63, 3.8) is 0 Å². The summed E-state index contributed by atoms with van der Waals surface area (Å²) in [5, 5.41) is 30.8. The van der Waals surface area contributed by atoms with Crippen LogP contribution in [0.2, 0.25) is 0 Å². The van der Waals surface area contributed by atoms with Gasteiger partial charge in [-0.3, -0.25) is 19.4 Å². The predicted molar refractivity (Wildman–Crippen MR) is 161 cm³/mol. The molecular weight excluding hydrogens is 566 g/mol. The Balaban J connectivity index is 1.18. The van der Waals surface area contributed by atoms with E-state index in [-0.39, 0.29) is 31.6 Å². The average molecular weight is 598 g/mol. The van der Waals surface area contributed by atoms with Gasteiger partial charge < -0.3 is 37.2 Å². The molecule has 14 nitrogen and oxygen atoms in total. The molecule has 44 heavy (non-hydrogen) atoms. The van der Waals surface area contributed by atoms with Gasteiger partial charge in [-0.15, -0.1) is 0 Å². The summed E-state index contributed by atoms with van der Waals surface area (Å²) >= 11 is 0. The fourth-order valence-corrected chi connectivity index (χ4v) is 6.79. The Kier molecular flexibility index (Phi) is 6.06. The minimum atomic E-state index is -2.67. The smallest absolute Gasteiger partial charge is 0.331 e. The standard InChI is InChI=1S/C30H31N9O5/c1-16-10-11-19-17(12-16)6-5-9-20(19)25(41)34-22-14-39-27(32)33-21(24-29(39,30(22,43)44)36-26(31)35-24)13-38-23(40)15-37(28(38)42)18-7-3-2-4-8-18/h2-12,21-22,24,43-44H,13-15H2,1H3,(H2,32,33)(H,34,41)(H3,31,35,36)/t21-,22?,24-,29-/m0/s1. The van der Waals surface area contributed by atoms with Gasteiger partial charge in [-0.25, -0.2) is 14.8 Å². The Bertz CT molecular complexity index is 1780. The quantitative estimate of drug-likeness (QED) is 0.164. The third kappa shape index (κ3) is 3.91. The van der Waals surface area contributed by atoms with Gasteiger partial charge in [0.25, 0.3) is 11.8 Å². The van der Waals surface area contributed by atoms with Crippen LogP contribution >= 0.6 is 0 Å². The van der Waals surface area contributed by atoms with Gasteiger partial charge in [-0.1, -0.05) is 54.1 Å². The van der Waals surface area contributed by atoms with Gasteiger partial charge in [-0.2, -0.15) is 0 Å². The van der Waals surface area contributed by atoms with Crippen LogP contribution in [0, 0.1) is 6.92 Å². The molecule has 1 unspecified atom stereocenters. The van der Waals surface area contributed by atoms with Crippen molar-refractivity contribution in [2.75, 3.05) is 24.5 Å². The molecule has 4 aliphatic rings. The number of anilines is 1. The number of guanidine groups is 2. The molecular formula is C30H31N9O5. The first-order valence-corrected chi connectivity index (χ1v) is 14.2. The number of nitrogens with two attached hydrogens (primary N) is 2. The first kappa shape index (κ1) is 27.6. The summed E-state index contributed by atoms with van der Waals surface area (Å²) in [7, 11) is 0. The topological polar surface area (TPSA) is 202 Å². The molecule has 8 N–H and O–H groups in total. The molecule has 4 heterocycles. The van der Waals surface area contributed by atoms with Crippen LogP contribution in [-0.2, 0) is 4.79 Å². The lowest BCUT2D eigenvalue weighted by Gasteiger charge is -2.49. The maximum Gasteiger partial charge on any atom is 0.331 e. The van der Waals surface area contributed by atoms with E-state index < -0.39 is 47.4 Å². The van der Waals surface area contributed by atoms with Crippen molar-refractivity contribution in [1.29, 1.82) is 0 Å². The Morgan fingerprint density at radius 3 is 2.61 bits per heavy atom. The van der Waals surface area contributed by atoms with Gasteiger partial charge in [-0.05, 0) is 35.9 Å². The average Bonchev–Trinajstić information content (AvgIpc) is 3.58. The number of aryl methyl sites for hydroxylation is 1. The lowest BCUT2D eigenvalue weighted by atomic mass is 9.84. The number of aliphatic imine (C=N–C) groups is 2. The fraction of sp³-hybridized carbons (Fsp3) is 0.300. The highest BCUT2D eigenvalue weighted by molar-refractivity contribution is 6.12. The third-order valence-corrected chi connectivity index (χ3v) is 8.88. The Morgan fingerprint density at radius 2 is 1.84 bits per heavy atom. The van der Waals surface area contributed by atoms with Gasteiger partial charge in [0.15, 0.2) is 17.6 Å². The highest BCUT2D eigenvalue weighted by Crippen LogP contribution is 2.45. The van der Waals surface area contributed by atoms with Crippen molar-refractivity contribution >= 4 is 46.2 Å². The molecule has 226 valence electrons. The van der Waals surface area contributed by atoms with E-state index >= 15 is 0 Å². The number of fused-ring (bicyclic) bond motifs is 1. The van der Waals surface area contributed by atoms with Gasteiger partial charge in [0.1, 0.15) is 18.6 Å². The number of carbonyl (C=O) groups is 3. The predicted octanol–water partition coefficient (Wildman–Crippen LogP) is -0.608. The molecule has 0 aromatic heterocycles. The number of hydrogen-bond acceptors (Lipinski definition) is 11. The molecule has 14 heteroatoms. The molecule has 0 radical (unpaired) electrons. The Hall–Kier alpha value is -5.21. The fourth-order valence-electron chi connectivity index (χ4n) is 6.79. The summed E-state index contributed by atoms with van der Waals surface area (Å²) in [5.41, 5.74) is 12.6. The zero-order valence-electron chi connectivity index (χ0n) is 23.7. The van der Waals surface area contributed by atoms with Crippen LogP contribution in [-0.4, -0.2) is 99.0 Å².